The summed E-state index contributed by atoms with van der Waals surface area (Å²) in [6.07, 6.45) is -0.520. The van der Waals surface area contributed by atoms with Gasteiger partial charge in [-0.1, -0.05) is 0 Å². The smallest absolute Gasteiger partial charge is 0.414 e. The molecule has 2 aromatic rings. The molecule has 0 fully saturated rings. The lowest BCUT2D eigenvalue weighted by atomic mass is 10.1. The van der Waals surface area contributed by atoms with Gasteiger partial charge in [0, 0.05) is 13.1 Å². The maximum atomic E-state index is 12.3. The molecule has 1 amide bonds. The number of hydrogen-bond donors (Lipinski definition) is 1. The summed E-state index contributed by atoms with van der Waals surface area (Å²) in [5.74, 6) is 0.611. The molecule has 2 rings (SSSR count). The van der Waals surface area contributed by atoms with Gasteiger partial charge in [0.15, 0.2) is 0 Å². The Morgan fingerprint density at radius 3 is 1.90 bits per heavy atom. The average molecular weight is 415 g/mol. The van der Waals surface area contributed by atoms with E-state index in [1.165, 1.54) is 4.90 Å². The molecule has 0 saturated heterocycles. The van der Waals surface area contributed by atoms with Gasteiger partial charge in [0.1, 0.15) is 22.7 Å². The van der Waals surface area contributed by atoms with Gasteiger partial charge in [-0.3, -0.25) is 4.90 Å². The molecule has 0 aliphatic carbocycles. The largest absolute Gasteiger partial charge is 0.457 e. The third kappa shape index (κ3) is 6.69. The fourth-order valence-electron chi connectivity index (χ4n) is 2.44. The average Bonchev–Trinajstić information content (AvgIpc) is 2.60. The van der Waals surface area contributed by atoms with E-state index in [4.69, 9.17) is 19.9 Å². The van der Waals surface area contributed by atoms with Gasteiger partial charge in [0.25, 0.3) is 0 Å². The summed E-state index contributed by atoms with van der Waals surface area (Å²) in [7, 11) is 1.58. The topological polar surface area (TPSA) is 91.1 Å². The number of hydrogen-bond acceptors (Lipinski definition) is 6. The summed E-state index contributed by atoms with van der Waals surface area (Å²) in [6.45, 7) is 10.8. The molecule has 7 heteroatoms. The molecule has 0 aliphatic heterocycles. The molecular formula is C23H30N2O5. The van der Waals surface area contributed by atoms with Crippen molar-refractivity contribution in [1.29, 1.82) is 0 Å². The summed E-state index contributed by atoms with van der Waals surface area (Å²) in [6, 6.07) is 11.6. The highest BCUT2D eigenvalue weighted by Gasteiger charge is 2.22. The van der Waals surface area contributed by atoms with Crippen LogP contribution >= 0.6 is 0 Å². The number of ether oxygens (including phenoxy) is 3. The molecule has 0 radical (unpaired) electrons. The second-order valence-electron chi connectivity index (χ2n) is 8.89. The Kier molecular flexibility index (Phi) is 6.65. The molecule has 0 saturated carbocycles. The van der Waals surface area contributed by atoms with E-state index in [2.05, 4.69) is 0 Å². The number of nitrogen functional groups attached to an aromatic ring is 1. The zero-order valence-corrected chi connectivity index (χ0v) is 18.6. The number of carbonyl (C=O) groups excluding carboxylic acids is 2. The highest BCUT2D eigenvalue weighted by atomic mass is 16.6. The predicted octanol–water partition coefficient (Wildman–Crippen LogP) is 5.39. The van der Waals surface area contributed by atoms with Gasteiger partial charge < -0.3 is 19.9 Å². The number of esters is 1. The molecule has 30 heavy (non-hydrogen) atoms. The molecule has 0 bridgehead atoms. The van der Waals surface area contributed by atoms with Crippen LogP contribution in [0, 0.1) is 0 Å². The fraction of sp³-hybridized carbons (Fsp3) is 0.391. The monoisotopic (exact) mass is 414 g/mol. The number of nitrogens with zero attached hydrogens (tertiary/aromatic N) is 1. The van der Waals surface area contributed by atoms with Gasteiger partial charge in [-0.05, 0) is 77.9 Å². The van der Waals surface area contributed by atoms with Crippen LogP contribution in [0.5, 0.6) is 11.5 Å². The Bertz CT molecular complexity index is 909. The van der Waals surface area contributed by atoms with Gasteiger partial charge in [0.05, 0.1) is 16.9 Å². The van der Waals surface area contributed by atoms with Crippen LogP contribution in [0.15, 0.2) is 42.5 Å². The van der Waals surface area contributed by atoms with Crippen LogP contribution in [-0.4, -0.2) is 30.3 Å². The van der Waals surface area contributed by atoms with Crippen LogP contribution in [0.4, 0.5) is 16.2 Å². The standard InChI is InChI=1S/C23H30N2O5/c1-22(2,3)29-20(26)15-8-10-16(11-9-15)28-17-12-13-18(24)19(14-17)25(7)21(27)30-23(4,5)6/h8-14H,24H2,1-7H3. The highest BCUT2D eigenvalue weighted by molar-refractivity contribution is 5.92. The Hall–Kier alpha value is -3.22. The van der Waals surface area contributed by atoms with Crippen molar-refractivity contribution in [2.24, 2.45) is 0 Å². The summed E-state index contributed by atoms with van der Waals surface area (Å²) in [4.78, 5) is 25.8. The van der Waals surface area contributed by atoms with Crippen molar-refractivity contribution in [3.05, 3.63) is 48.0 Å². The first-order chi connectivity index (χ1) is 13.7. The maximum absolute atomic E-state index is 12.3. The zero-order valence-electron chi connectivity index (χ0n) is 18.6. The quantitative estimate of drug-likeness (QED) is 0.533. The van der Waals surface area contributed by atoms with Crippen molar-refractivity contribution in [2.75, 3.05) is 17.7 Å². The lowest BCUT2D eigenvalue weighted by Crippen LogP contribution is -2.34. The van der Waals surface area contributed by atoms with Gasteiger partial charge in [-0.25, -0.2) is 9.59 Å². The van der Waals surface area contributed by atoms with E-state index >= 15 is 0 Å². The Labute approximate surface area is 177 Å². The van der Waals surface area contributed by atoms with Crippen molar-refractivity contribution < 1.29 is 23.8 Å². The number of benzene rings is 2. The van der Waals surface area contributed by atoms with E-state index in [1.54, 1.807) is 70.3 Å². The zero-order chi connectivity index (χ0) is 22.7. The predicted molar refractivity (Wildman–Crippen MR) is 117 cm³/mol. The SMILES string of the molecule is CN(C(=O)OC(C)(C)C)c1cc(Oc2ccc(C(=O)OC(C)(C)C)cc2)ccc1N. The van der Waals surface area contributed by atoms with Crippen molar-refractivity contribution in [3.63, 3.8) is 0 Å². The van der Waals surface area contributed by atoms with Gasteiger partial charge in [-0.2, -0.15) is 0 Å². The number of rotatable bonds is 4. The van der Waals surface area contributed by atoms with Crippen LogP contribution in [-0.2, 0) is 9.47 Å². The molecule has 0 aliphatic rings. The molecular weight excluding hydrogens is 384 g/mol. The molecule has 0 aromatic heterocycles. The number of amides is 1. The fourth-order valence-corrected chi connectivity index (χ4v) is 2.44. The first kappa shape index (κ1) is 23.1. The van der Waals surface area contributed by atoms with E-state index < -0.39 is 23.3 Å². The lowest BCUT2D eigenvalue weighted by molar-refractivity contribution is 0.00693. The minimum absolute atomic E-state index is 0.400. The Morgan fingerprint density at radius 2 is 1.37 bits per heavy atom. The molecule has 0 atom stereocenters. The molecule has 0 heterocycles. The number of anilines is 2. The maximum Gasteiger partial charge on any atom is 0.414 e. The van der Waals surface area contributed by atoms with Gasteiger partial charge >= 0.3 is 12.1 Å². The minimum atomic E-state index is -0.621. The molecule has 0 spiro atoms. The molecule has 0 unspecified atom stereocenters. The van der Waals surface area contributed by atoms with E-state index in [9.17, 15) is 9.59 Å². The van der Waals surface area contributed by atoms with Crippen LogP contribution in [0.25, 0.3) is 0 Å². The van der Waals surface area contributed by atoms with Crippen molar-refractivity contribution in [3.8, 4) is 11.5 Å². The first-order valence-corrected chi connectivity index (χ1v) is 9.63. The summed E-state index contributed by atoms with van der Waals surface area (Å²) in [5, 5.41) is 0. The van der Waals surface area contributed by atoms with Crippen molar-refractivity contribution >= 4 is 23.4 Å². The Balaban J connectivity index is 2.15. The minimum Gasteiger partial charge on any atom is -0.457 e. The van der Waals surface area contributed by atoms with Crippen molar-refractivity contribution in [2.45, 2.75) is 52.7 Å². The van der Waals surface area contributed by atoms with Gasteiger partial charge in [-0.15, -0.1) is 0 Å². The van der Waals surface area contributed by atoms with Crippen LogP contribution < -0.4 is 15.4 Å². The molecule has 2 aromatic carbocycles. The van der Waals surface area contributed by atoms with Crippen LogP contribution in [0.3, 0.4) is 0 Å². The second kappa shape index (κ2) is 8.65. The lowest BCUT2D eigenvalue weighted by Gasteiger charge is -2.25. The van der Waals surface area contributed by atoms with Gasteiger partial charge in [0.2, 0.25) is 0 Å². The number of nitrogens with two attached hydrogens (primary N) is 1. The summed E-state index contributed by atoms with van der Waals surface area (Å²) >= 11 is 0. The summed E-state index contributed by atoms with van der Waals surface area (Å²) < 4.78 is 16.6. The molecule has 2 N–H and O–H groups in total. The molecule has 7 nitrogen and oxygen atoms in total. The van der Waals surface area contributed by atoms with E-state index in [-0.39, 0.29) is 0 Å². The Morgan fingerprint density at radius 1 is 0.833 bits per heavy atom. The van der Waals surface area contributed by atoms with E-state index in [1.807, 2.05) is 20.8 Å². The van der Waals surface area contributed by atoms with Crippen molar-refractivity contribution in [1.82, 2.24) is 0 Å². The number of carbonyl (C=O) groups is 2. The first-order valence-electron chi connectivity index (χ1n) is 9.63. The van der Waals surface area contributed by atoms with E-state index in [0.29, 0.717) is 28.4 Å². The van der Waals surface area contributed by atoms with Crippen LogP contribution in [0.1, 0.15) is 51.9 Å². The third-order valence-corrected chi connectivity index (χ3v) is 3.76. The molecule has 162 valence electrons. The second-order valence-corrected chi connectivity index (χ2v) is 8.89. The normalized spacial score (nSPS) is 11.6. The van der Waals surface area contributed by atoms with E-state index in [0.717, 1.165) is 0 Å². The highest BCUT2D eigenvalue weighted by Crippen LogP contribution is 2.31. The third-order valence-electron chi connectivity index (χ3n) is 3.76. The summed E-state index contributed by atoms with van der Waals surface area (Å²) in [5.41, 5.74) is 6.16. The van der Waals surface area contributed by atoms with Crippen LogP contribution in [0.2, 0.25) is 0 Å².